The molecule has 1 rings (SSSR count). The van der Waals surface area contributed by atoms with Crippen LogP contribution in [0.5, 0.6) is 0 Å². The van der Waals surface area contributed by atoms with Crippen LogP contribution in [0.2, 0.25) is 0 Å². The van der Waals surface area contributed by atoms with E-state index in [1.807, 2.05) is 0 Å². The Balaban J connectivity index is -0.0000000720. The van der Waals surface area contributed by atoms with E-state index in [9.17, 15) is 0 Å². The third-order valence-electron chi connectivity index (χ3n) is 4.24. The first kappa shape index (κ1) is 46.9. The standard InChI is InChI=1S/C9H13.3C6H15N.2ClH.Ti/c1-6-5-7(2)9(4)8(6)3;3*1-5(2)7-6(3)4;;;/h6H,1-4H3;3*5-7H,1-4H3;2*1H;/q-1;;;;;;. The van der Waals surface area contributed by atoms with Gasteiger partial charge >= 0.3 is 0 Å². The minimum Gasteiger partial charge on any atom is -0.312 e. The summed E-state index contributed by atoms with van der Waals surface area (Å²) in [5.41, 5.74) is 4.25. The number of nitrogens with one attached hydrogen (secondary N) is 3. The molecule has 1 aliphatic carbocycles. The fourth-order valence-electron chi connectivity index (χ4n) is 3.16. The number of hydrogen-bond donors (Lipinski definition) is 3. The Morgan fingerprint density at radius 3 is 0.788 bits per heavy atom. The van der Waals surface area contributed by atoms with Gasteiger partial charge in [-0.05, 0) is 0 Å². The summed E-state index contributed by atoms with van der Waals surface area (Å²) in [4.78, 5) is 0. The van der Waals surface area contributed by atoms with Crippen molar-refractivity contribution in [3.05, 3.63) is 22.8 Å². The van der Waals surface area contributed by atoms with E-state index in [4.69, 9.17) is 0 Å². The number of allylic oxidation sites excluding steroid dienone is 4. The van der Waals surface area contributed by atoms with Gasteiger partial charge in [-0.1, -0.05) is 110 Å². The largest absolute Gasteiger partial charge is 0.312 e. The molecule has 6 heteroatoms. The third kappa shape index (κ3) is 37.4. The minimum absolute atomic E-state index is 0. The van der Waals surface area contributed by atoms with Crippen LogP contribution in [0.25, 0.3) is 0 Å². The molecular weight excluding hydrogens is 485 g/mol. The maximum atomic E-state index is 3.36. The average Bonchev–Trinajstić information content (AvgIpc) is 2.71. The van der Waals surface area contributed by atoms with E-state index in [0.717, 1.165) is 0 Å². The van der Waals surface area contributed by atoms with Crippen molar-refractivity contribution in [3.8, 4) is 0 Å². The smallest absolute Gasteiger partial charge is 0.00127 e. The van der Waals surface area contributed by atoms with Gasteiger partial charge in [-0.3, -0.25) is 6.08 Å². The molecule has 0 aromatic carbocycles. The van der Waals surface area contributed by atoms with Gasteiger partial charge in [0.1, 0.15) is 0 Å². The van der Waals surface area contributed by atoms with Crippen molar-refractivity contribution in [3.63, 3.8) is 0 Å². The predicted molar refractivity (Wildman–Crippen MR) is 155 cm³/mol. The van der Waals surface area contributed by atoms with Gasteiger partial charge < -0.3 is 16.0 Å². The Hall–Kier alpha value is 0.654. The molecule has 0 aromatic heterocycles. The van der Waals surface area contributed by atoms with Gasteiger partial charge in [0.15, 0.2) is 0 Å². The molecule has 0 bridgehead atoms. The molecular formula is C27H60Cl2N3Ti-. The molecule has 3 nitrogen and oxygen atoms in total. The Morgan fingerprint density at radius 1 is 0.545 bits per heavy atom. The fraction of sp³-hybridized carbons (Fsp3) is 0.852. The molecule has 0 amide bonds. The second-order valence-electron chi connectivity index (χ2n) is 10.2. The summed E-state index contributed by atoms with van der Waals surface area (Å²) in [6.45, 7) is 34.5. The Kier molecular flexibility index (Phi) is 38.7. The van der Waals surface area contributed by atoms with Crippen molar-refractivity contribution in [1.82, 2.24) is 16.0 Å². The van der Waals surface area contributed by atoms with E-state index in [1.165, 1.54) is 16.7 Å². The van der Waals surface area contributed by atoms with Gasteiger partial charge in [0, 0.05) is 58.0 Å². The molecule has 1 atom stereocenters. The summed E-state index contributed by atoms with van der Waals surface area (Å²) >= 11 is 0. The number of halogens is 2. The molecule has 0 saturated carbocycles. The van der Waals surface area contributed by atoms with E-state index >= 15 is 0 Å². The topological polar surface area (TPSA) is 36.1 Å². The molecule has 0 aromatic rings. The first-order valence-electron chi connectivity index (χ1n) is 12.1. The van der Waals surface area contributed by atoms with Crippen LogP contribution < -0.4 is 16.0 Å². The summed E-state index contributed by atoms with van der Waals surface area (Å²) in [7, 11) is 0. The molecule has 0 spiro atoms. The van der Waals surface area contributed by atoms with E-state index in [-0.39, 0.29) is 46.5 Å². The van der Waals surface area contributed by atoms with Gasteiger partial charge in [-0.2, -0.15) is 11.1 Å². The van der Waals surface area contributed by atoms with Crippen LogP contribution >= 0.6 is 24.8 Å². The second kappa shape index (κ2) is 27.2. The Morgan fingerprint density at radius 2 is 0.758 bits per heavy atom. The Labute approximate surface area is 237 Å². The van der Waals surface area contributed by atoms with Crippen LogP contribution in [0.3, 0.4) is 0 Å². The molecule has 202 valence electrons. The van der Waals surface area contributed by atoms with Crippen molar-refractivity contribution in [1.29, 1.82) is 0 Å². The van der Waals surface area contributed by atoms with Gasteiger partial charge in [0.2, 0.25) is 0 Å². The van der Waals surface area contributed by atoms with Crippen molar-refractivity contribution in [2.45, 2.75) is 147 Å². The van der Waals surface area contributed by atoms with Crippen LogP contribution in [0.4, 0.5) is 0 Å². The SMILES string of the molecule is CC(C)NC(C)C.CC(C)NC(C)C.CC(C)NC(C)C.CC1=[C-]C(C)C(C)=C1C.Cl.Cl.[Ti]. The maximum Gasteiger partial charge on any atom is 0.00127 e. The molecule has 0 heterocycles. The molecule has 0 radical (unpaired) electrons. The monoisotopic (exact) mass is 544 g/mol. The Bertz CT molecular complexity index is 421. The normalized spacial score (nSPS) is 14.5. The van der Waals surface area contributed by atoms with Crippen LogP contribution in [0, 0.1) is 12.0 Å². The number of hydrogen-bond acceptors (Lipinski definition) is 3. The van der Waals surface area contributed by atoms with Gasteiger partial charge in [-0.25, -0.2) is 5.57 Å². The maximum absolute atomic E-state index is 3.36. The average molecular weight is 546 g/mol. The van der Waals surface area contributed by atoms with Crippen molar-refractivity contribution in [2.75, 3.05) is 0 Å². The molecule has 0 saturated heterocycles. The summed E-state index contributed by atoms with van der Waals surface area (Å²) in [5, 5.41) is 9.92. The molecule has 0 fully saturated rings. The van der Waals surface area contributed by atoms with E-state index in [2.05, 4.69) is 133 Å². The summed E-state index contributed by atoms with van der Waals surface area (Å²) in [6.07, 6.45) is 3.36. The quantitative estimate of drug-likeness (QED) is 0.236. The predicted octanol–water partition coefficient (Wildman–Crippen LogP) is 7.74. The van der Waals surface area contributed by atoms with Crippen LogP contribution in [0.15, 0.2) is 16.7 Å². The zero-order chi connectivity index (χ0) is 24.6. The molecule has 33 heavy (non-hydrogen) atoms. The van der Waals surface area contributed by atoms with Crippen molar-refractivity contribution >= 4 is 24.8 Å². The van der Waals surface area contributed by atoms with Crippen molar-refractivity contribution in [2.24, 2.45) is 5.92 Å². The van der Waals surface area contributed by atoms with Crippen molar-refractivity contribution < 1.29 is 21.7 Å². The van der Waals surface area contributed by atoms with Gasteiger partial charge in [-0.15, -0.1) is 31.7 Å². The first-order valence-corrected chi connectivity index (χ1v) is 12.1. The molecule has 0 aliphatic heterocycles. The minimum atomic E-state index is 0. The van der Waals surface area contributed by atoms with Crippen LogP contribution in [-0.4, -0.2) is 36.3 Å². The van der Waals surface area contributed by atoms with E-state index in [0.29, 0.717) is 42.2 Å². The summed E-state index contributed by atoms with van der Waals surface area (Å²) < 4.78 is 0. The summed E-state index contributed by atoms with van der Waals surface area (Å²) in [6, 6.07) is 3.75. The zero-order valence-corrected chi connectivity index (χ0v) is 28.1. The van der Waals surface area contributed by atoms with Gasteiger partial charge in [0.25, 0.3) is 0 Å². The third-order valence-corrected chi connectivity index (χ3v) is 4.24. The van der Waals surface area contributed by atoms with Gasteiger partial charge in [0.05, 0.1) is 0 Å². The summed E-state index contributed by atoms with van der Waals surface area (Å²) in [5.74, 6) is 0.560. The van der Waals surface area contributed by atoms with E-state index in [1.54, 1.807) is 0 Å². The van der Waals surface area contributed by atoms with E-state index < -0.39 is 0 Å². The van der Waals surface area contributed by atoms with Crippen LogP contribution in [0.1, 0.15) is 111 Å². The zero-order valence-electron chi connectivity index (χ0n) is 24.9. The molecule has 3 N–H and O–H groups in total. The van der Waals surface area contributed by atoms with Crippen LogP contribution in [-0.2, 0) is 21.7 Å². The molecule has 1 aliphatic rings. The fourth-order valence-corrected chi connectivity index (χ4v) is 3.16. The molecule has 1 unspecified atom stereocenters. The second-order valence-corrected chi connectivity index (χ2v) is 10.2. The first-order chi connectivity index (χ1) is 13.5. The number of rotatable bonds is 6.